The van der Waals surface area contributed by atoms with Crippen LogP contribution in [0.25, 0.3) is 0 Å². The van der Waals surface area contributed by atoms with Gasteiger partial charge in [0.2, 0.25) is 0 Å². The summed E-state index contributed by atoms with van der Waals surface area (Å²) in [6.07, 6.45) is 0.524. The lowest BCUT2D eigenvalue weighted by atomic mass is 9.84. The summed E-state index contributed by atoms with van der Waals surface area (Å²) in [5.41, 5.74) is 2.22. The summed E-state index contributed by atoms with van der Waals surface area (Å²) in [4.78, 5) is 28.2. The molecule has 3 aromatic carbocycles. The van der Waals surface area contributed by atoms with Crippen LogP contribution in [0.1, 0.15) is 44.2 Å². The number of methoxy groups -OCH3 is 2. The van der Waals surface area contributed by atoms with Gasteiger partial charge in [-0.1, -0.05) is 35.9 Å². The average molecular weight is 511 g/mol. The number of amides is 2. The summed E-state index contributed by atoms with van der Waals surface area (Å²) in [6.45, 7) is 2.49. The molecule has 2 unspecified atom stereocenters. The number of ether oxygens (including phenoxy) is 2. The summed E-state index contributed by atoms with van der Waals surface area (Å²) < 4.78 is 24.7. The Morgan fingerprint density at radius 1 is 1.03 bits per heavy atom. The Hall–Kier alpha value is -3.58. The van der Waals surface area contributed by atoms with E-state index >= 15 is 0 Å². The molecule has 188 valence electrons. The third-order valence-electron chi connectivity index (χ3n) is 6.58. The second-order valence-corrected chi connectivity index (χ2v) is 9.19. The van der Waals surface area contributed by atoms with Gasteiger partial charge in [-0.2, -0.15) is 0 Å². The maximum Gasteiger partial charge on any atom is 0.254 e. The lowest BCUT2D eigenvalue weighted by molar-refractivity contribution is 0.0671. The molecule has 2 amide bonds. The molecule has 0 spiro atoms. The van der Waals surface area contributed by atoms with Gasteiger partial charge in [-0.05, 0) is 60.9 Å². The number of benzene rings is 3. The topological polar surface area (TPSA) is 67.9 Å². The van der Waals surface area contributed by atoms with Crippen LogP contribution in [0.4, 0.5) is 4.39 Å². The molecule has 1 N–H and O–H groups in total. The Balaban J connectivity index is 1.61. The number of nitrogens with one attached hydrogen (secondary N) is 1. The first kappa shape index (κ1) is 25.5. The quantitative estimate of drug-likeness (QED) is 0.493. The Labute approximate surface area is 215 Å². The van der Waals surface area contributed by atoms with E-state index in [1.807, 2.05) is 0 Å². The van der Waals surface area contributed by atoms with E-state index in [1.165, 1.54) is 20.3 Å². The standard InChI is InChI=1S/C28H28ClFN2O4/c1-17-14-18(8-10-23(17)30)21-16-32(28(34)19-9-11-25(35-2)26(15-19)36-3)13-12-24(21)31-27(33)20-6-4-5-7-22(20)29/h4-11,14-15,21,24H,12-13,16H2,1-3H3,(H,31,33). The Morgan fingerprint density at radius 3 is 2.47 bits per heavy atom. The van der Waals surface area contributed by atoms with Crippen LogP contribution in [0.15, 0.2) is 60.7 Å². The van der Waals surface area contributed by atoms with Crippen LogP contribution in [0.3, 0.4) is 0 Å². The summed E-state index contributed by atoms with van der Waals surface area (Å²) in [5.74, 6) is 0.0217. The molecule has 4 rings (SSSR count). The molecule has 8 heteroatoms. The Bertz CT molecular complexity index is 1280. The van der Waals surface area contributed by atoms with E-state index in [1.54, 1.807) is 66.4 Å². The summed E-state index contributed by atoms with van der Waals surface area (Å²) >= 11 is 6.23. The van der Waals surface area contributed by atoms with Crippen LogP contribution in [0.2, 0.25) is 5.02 Å². The average Bonchev–Trinajstić information content (AvgIpc) is 2.89. The molecule has 0 aromatic heterocycles. The minimum atomic E-state index is -0.301. The third-order valence-corrected chi connectivity index (χ3v) is 6.91. The van der Waals surface area contributed by atoms with Gasteiger partial charge in [-0.25, -0.2) is 4.39 Å². The van der Waals surface area contributed by atoms with Crippen molar-refractivity contribution < 1.29 is 23.5 Å². The first-order chi connectivity index (χ1) is 17.3. The van der Waals surface area contributed by atoms with Gasteiger partial charge >= 0.3 is 0 Å². The molecular weight excluding hydrogens is 483 g/mol. The number of hydrogen-bond donors (Lipinski definition) is 1. The lowest BCUT2D eigenvalue weighted by Gasteiger charge is -2.39. The molecule has 36 heavy (non-hydrogen) atoms. The molecule has 1 fully saturated rings. The van der Waals surface area contributed by atoms with Crippen LogP contribution in [-0.4, -0.2) is 50.1 Å². The maximum atomic E-state index is 14.0. The number of halogens is 2. The van der Waals surface area contributed by atoms with Crippen LogP contribution in [0.5, 0.6) is 11.5 Å². The molecule has 1 aliphatic rings. The van der Waals surface area contributed by atoms with Crippen molar-refractivity contribution in [3.63, 3.8) is 0 Å². The number of carbonyl (C=O) groups excluding carboxylic acids is 2. The summed E-state index contributed by atoms with van der Waals surface area (Å²) in [5, 5.41) is 3.47. The summed E-state index contributed by atoms with van der Waals surface area (Å²) in [7, 11) is 3.06. The number of carbonyl (C=O) groups is 2. The van der Waals surface area contributed by atoms with Crippen molar-refractivity contribution in [3.8, 4) is 11.5 Å². The fraction of sp³-hybridized carbons (Fsp3) is 0.286. The number of nitrogens with zero attached hydrogens (tertiary/aromatic N) is 1. The van der Waals surface area contributed by atoms with Crippen LogP contribution in [0, 0.1) is 12.7 Å². The van der Waals surface area contributed by atoms with E-state index in [9.17, 15) is 14.0 Å². The minimum Gasteiger partial charge on any atom is -0.493 e. The molecule has 0 aliphatic carbocycles. The molecule has 2 atom stereocenters. The Morgan fingerprint density at radius 2 is 1.78 bits per heavy atom. The molecule has 0 bridgehead atoms. The SMILES string of the molecule is COc1ccc(C(=O)N2CCC(NC(=O)c3ccccc3Cl)C(c3ccc(F)c(C)c3)C2)cc1OC. The number of aryl methyl sites for hydroxylation is 1. The number of hydrogen-bond acceptors (Lipinski definition) is 4. The summed E-state index contributed by atoms with van der Waals surface area (Å²) in [6, 6.07) is 16.6. The number of piperidine rings is 1. The van der Waals surface area contributed by atoms with Crippen LogP contribution >= 0.6 is 11.6 Å². The van der Waals surface area contributed by atoms with Gasteiger partial charge in [0.05, 0.1) is 24.8 Å². The van der Waals surface area contributed by atoms with Crippen molar-refractivity contribution in [1.29, 1.82) is 0 Å². The monoisotopic (exact) mass is 510 g/mol. The lowest BCUT2D eigenvalue weighted by Crippen LogP contribution is -2.51. The molecule has 3 aromatic rings. The van der Waals surface area contributed by atoms with Gasteiger partial charge in [0.15, 0.2) is 11.5 Å². The highest BCUT2D eigenvalue weighted by molar-refractivity contribution is 6.33. The van der Waals surface area contributed by atoms with Crippen LogP contribution in [-0.2, 0) is 0 Å². The first-order valence-electron chi connectivity index (χ1n) is 11.6. The molecule has 0 saturated carbocycles. The largest absolute Gasteiger partial charge is 0.493 e. The molecule has 1 heterocycles. The van der Waals surface area contributed by atoms with Crippen LogP contribution < -0.4 is 14.8 Å². The molecule has 6 nitrogen and oxygen atoms in total. The van der Waals surface area contributed by atoms with Gasteiger partial charge in [-0.3, -0.25) is 9.59 Å². The molecule has 1 aliphatic heterocycles. The predicted octanol–water partition coefficient (Wildman–Crippen LogP) is 5.23. The normalized spacial score (nSPS) is 17.4. The molecule has 0 radical (unpaired) electrons. The van der Waals surface area contributed by atoms with E-state index in [4.69, 9.17) is 21.1 Å². The fourth-order valence-electron chi connectivity index (χ4n) is 4.59. The Kier molecular flexibility index (Phi) is 7.79. The van der Waals surface area contributed by atoms with E-state index in [0.29, 0.717) is 52.7 Å². The second kappa shape index (κ2) is 11.0. The zero-order valence-electron chi connectivity index (χ0n) is 20.4. The van der Waals surface area contributed by atoms with Gasteiger partial charge in [0, 0.05) is 30.6 Å². The van der Waals surface area contributed by atoms with Crippen molar-refractivity contribution >= 4 is 23.4 Å². The zero-order chi connectivity index (χ0) is 25.8. The fourth-order valence-corrected chi connectivity index (χ4v) is 4.81. The van der Waals surface area contributed by atoms with Crippen molar-refractivity contribution in [2.24, 2.45) is 0 Å². The molecule has 1 saturated heterocycles. The highest BCUT2D eigenvalue weighted by atomic mass is 35.5. The van der Waals surface area contributed by atoms with Gasteiger partial charge < -0.3 is 19.7 Å². The molecular formula is C28H28ClFN2O4. The van der Waals surface area contributed by atoms with Gasteiger partial charge in [0.1, 0.15) is 5.82 Å². The van der Waals surface area contributed by atoms with Crippen molar-refractivity contribution in [2.45, 2.75) is 25.3 Å². The number of likely N-dealkylation sites (tertiary alicyclic amines) is 1. The predicted molar refractivity (Wildman–Crippen MR) is 137 cm³/mol. The smallest absolute Gasteiger partial charge is 0.254 e. The van der Waals surface area contributed by atoms with E-state index in [-0.39, 0.29) is 29.6 Å². The number of rotatable bonds is 6. The first-order valence-corrected chi connectivity index (χ1v) is 12.0. The maximum absolute atomic E-state index is 14.0. The highest BCUT2D eigenvalue weighted by Crippen LogP contribution is 2.32. The van der Waals surface area contributed by atoms with Gasteiger partial charge in [0.25, 0.3) is 11.8 Å². The van der Waals surface area contributed by atoms with E-state index in [0.717, 1.165) is 5.56 Å². The van der Waals surface area contributed by atoms with Crippen molar-refractivity contribution in [2.75, 3.05) is 27.3 Å². The van der Waals surface area contributed by atoms with Crippen molar-refractivity contribution in [1.82, 2.24) is 10.2 Å². The zero-order valence-corrected chi connectivity index (χ0v) is 21.1. The van der Waals surface area contributed by atoms with E-state index in [2.05, 4.69) is 5.32 Å². The van der Waals surface area contributed by atoms with E-state index < -0.39 is 0 Å². The second-order valence-electron chi connectivity index (χ2n) is 8.78. The third kappa shape index (κ3) is 5.31. The highest BCUT2D eigenvalue weighted by Gasteiger charge is 2.34. The van der Waals surface area contributed by atoms with Crippen molar-refractivity contribution in [3.05, 3.63) is 93.8 Å². The minimum absolute atomic E-state index is 0.157. The van der Waals surface area contributed by atoms with Gasteiger partial charge in [-0.15, -0.1) is 0 Å².